The van der Waals surface area contributed by atoms with Gasteiger partial charge in [0.05, 0.1) is 22.1 Å². The van der Waals surface area contributed by atoms with E-state index in [0.29, 0.717) is 34.4 Å². The van der Waals surface area contributed by atoms with Gasteiger partial charge in [0.25, 0.3) is 0 Å². The second kappa shape index (κ2) is 13.9. The Hall–Kier alpha value is -4.96. The maximum atomic E-state index is 14.9. The largest absolute Gasteiger partial charge is 0.309 e. The molecule has 4 aliphatic rings. The van der Waals surface area contributed by atoms with Crippen LogP contribution in [0.3, 0.4) is 0 Å². The van der Waals surface area contributed by atoms with Gasteiger partial charge in [0.1, 0.15) is 0 Å². The smallest absolute Gasteiger partial charge is 0.197 e. The summed E-state index contributed by atoms with van der Waals surface area (Å²) in [6.07, 6.45) is 20.0. The first-order chi connectivity index (χ1) is 27.6. The van der Waals surface area contributed by atoms with E-state index in [4.69, 9.17) is 0 Å². The number of aromatic nitrogens is 2. The zero-order valence-electron chi connectivity index (χ0n) is 32.6. The van der Waals surface area contributed by atoms with Crippen LogP contribution >= 0.6 is 0 Å². The lowest BCUT2D eigenvalue weighted by atomic mass is 9.80. The van der Waals surface area contributed by atoms with E-state index in [-0.39, 0.29) is 10.9 Å². The van der Waals surface area contributed by atoms with E-state index < -0.39 is 0 Å². The third kappa shape index (κ3) is 5.69. The van der Waals surface area contributed by atoms with Gasteiger partial charge in [-0.3, -0.25) is 9.59 Å². The minimum absolute atomic E-state index is 0.0322. The molecule has 4 fully saturated rings. The second-order valence-corrected chi connectivity index (χ2v) is 17.9. The first kappa shape index (κ1) is 34.3. The summed E-state index contributed by atoms with van der Waals surface area (Å²) in [6.45, 7) is 0. The molecule has 0 atom stereocenters. The Morgan fingerprint density at radius 1 is 0.321 bits per heavy atom. The molecule has 282 valence electrons. The van der Waals surface area contributed by atoms with Crippen molar-refractivity contribution in [3.8, 4) is 11.4 Å². The van der Waals surface area contributed by atoms with Gasteiger partial charge in [0.15, 0.2) is 10.9 Å². The monoisotopic (exact) mass is 736 g/mol. The first-order valence-corrected chi connectivity index (χ1v) is 21.9. The Labute approximate surface area is 329 Å². The van der Waals surface area contributed by atoms with Crippen molar-refractivity contribution in [1.82, 2.24) is 9.13 Å². The van der Waals surface area contributed by atoms with Crippen molar-refractivity contribution in [3.63, 3.8) is 0 Å². The van der Waals surface area contributed by atoms with Gasteiger partial charge >= 0.3 is 0 Å². The molecule has 4 saturated carbocycles. The number of nitrogens with zero attached hydrogens (tertiary/aromatic N) is 2. The average Bonchev–Trinajstić information content (AvgIpc) is 3.21. The van der Waals surface area contributed by atoms with Gasteiger partial charge in [-0.05, 0) is 158 Å². The molecule has 4 aliphatic carbocycles. The molecule has 11 rings (SSSR count). The van der Waals surface area contributed by atoms with Crippen molar-refractivity contribution in [1.29, 1.82) is 0 Å². The third-order valence-electron chi connectivity index (χ3n) is 14.7. The van der Waals surface area contributed by atoms with E-state index in [1.54, 1.807) is 0 Å². The van der Waals surface area contributed by atoms with Gasteiger partial charge < -0.3 is 9.13 Å². The number of hydrogen-bond donors (Lipinski definition) is 0. The van der Waals surface area contributed by atoms with Gasteiger partial charge in [-0.25, -0.2) is 0 Å². The lowest BCUT2D eigenvalue weighted by molar-refractivity contribution is 0.420. The molecule has 0 amide bonds. The van der Waals surface area contributed by atoms with Crippen LogP contribution in [0.25, 0.3) is 55.0 Å². The number of fused-ring (bicyclic) bond motifs is 4. The molecule has 0 unspecified atom stereocenters. The summed E-state index contributed by atoms with van der Waals surface area (Å²) >= 11 is 0. The van der Waals surface area contributed by atoms with E-state index in [1.165, 1.54) is 125 Å². The van der Waals surface area contributed by atoms with E-state index >= 15 is 0 Å². The Kier molecular flexibility index (Phi) is 8.52. The quantitative estimate of drug-likeness (QED) is 0.160. The fraction of sp³-hybridized carbons (Fsp3) is 0.385. The first-order valence-electron chi connectivity index (χ1n) is 21.9. The number of hydrogen-bond acceptors (Lipinski definition) is 2. The van der Waals surface area contributed by atoms with Gasteiger partial charge in [0, 0.05) is 32.9 Å². The minimum atomic E-state index is 0.0322. The SMILES string of the molecule is O=c1c2ccc(C3CCCCC3)cc2n(-c2ccc(C3CCC3)cc2)c2cc3c(=O)c4ccc(C5CCCCC5)cc4n(-c4ccc(C5CCC5)cc4)c3cc12. The molecule has 0 N–H and O–H groups in total. The molecular formula is C52H52N2O2. The summed E-state index contributed by atoms with van der Waals surface area (Å²) in [5.74, 6) is 2.30. The van der Waals surface area contributed by atoms with Crippen molar-refractivity contribution >= 4 is 43.6 Å². The fourth-order valence-corrected chi connectivity index (χ4v) is 10.9. The summed E-state index contributed by atoms with van der Waals surface area (Å²) in [7, 11) is 0. The highest BCUT2D eigenvalue weighted by Crippen LogP contribution is 2.41. The van der Waals surface area contributed by atoms with E-state index in [9.17, 15) is 9.59 Å². The maximum absolute atomic E-state index is 14.9. The van der Waals surface area contributed by atoms with E-state index in [1.807, 2.05) is 0 Å². The Morgan fingerprint density at radius 3 is 1.00 bits per heavy atom. The van der Waals surface area contributed by atoms with Crippen LogP contribution < -0.4 is 10.9 Å². The molecule has 5 aromatic carbocycles. The highest BCUT2D eigenvalue weighted by atomic mass is 16.1. The molecule has 0 radical (unpaired) electrons. The van der Waals surface area contributed by atoms with Gasteiger partial charge in [-0.15, -0.1) is 0 Å². The van der Waals surface area contributed by atoms with Gasteiger partial charge in [-0.2, -0.15) is 0 Å². The highest BCUT2D eigenvalue weighted by molar-refractivity contribution is 6.05. The highest BCUT2D eigenvalue weighted by Gasteiger charge is 2.25. The van der Waals surface area contributed by atoms with Crippen LogP contribution in [-0.4, -0.2) is 9.13 Å². The third-order valence-corrected chi connectivity index (χ3v) is 14.7. The van der Waals surface area contributed by atoms with Crippen molar-refractivity contribution in [2.45, 2.75) is 126 Å². The molecule has 2 heterocycles. The van der Waals surface area contributed by atoms with Crippen LogP contribution in [0.1, 0.15) is 149 Å². The molecule has 0 bridgehead atoms. The molecule has 0 aliphatic heterocycles. The fourth-order valence-electron chi connectivity index (χ4n) is 10.9. The molecule has 4 heteroatoms. The molecule has 0 saturated heterocycles. The summed E-state index contributed by atoms with van der Waals surface area (Å²) in [6, 6.07) is 35.4. The molecule has 2 aromatic heterocycles. The Balaban J connectivity index is 1.20. The minimum Gasteiger partial charge on any atom is -0.309 e. The second-order valence-electron chi connectivity index (χ2n) is 17.9. The zero-order chi connectivity index (χ0) is 37.3. The molecule has 4 nitrogen and oxygen atoms in total. The lowest BCUT2D eigenvalue weighted by Gasteiger charge is -2.27. The standard InChI is InChI=1S/C52H52N2O2/c55-51-43-27-21-39(35-9-3-1-4-10-35)29-47(43)53(41-23-17-37(18-24-41)33-13-7-14-33)49-31-46-50(32-45(49)51)54(42-25-19-38(20-26-42)34-15-8-16-34)48-30-40(22-28-44(48)52(46)56)36-11-5-2-6-12-36/h17-36H,1-16H2. The zero-order valence-corrected chi connectivity index (χ0v) is 32.6. The summed E-state index contributed by atoms with van der Waals surface area (Å²) in [5.41, 5.74) is 11.0. The van der Waals surface area contributed by atoms with Crippen LogP contribution in [0.15, 0.2) is 107 Å². The summed E-state index contributed by atoms with van der Waals surface area (Å²) in [5, 5.41) is 2.78. The lowest BCUT2D eigenvalue weighted by Crippen LogP contribution is -2.16. The van der Waals surface area contributed by atoms with E-state index in [0.717, 1.165) is 44.2 Å². The summed E-state index contributed by atoms with van der Waals surface area (Å²) < 4.78 is 4.58. The number of rotatable bonds is 6. The van der Waals surface area contributed by atoms with Crippen molar-refractivity contribution in [2.75, 3.05) is 0 Å². The molecule has 0 spiro atoms. The van der Waals surface area contributed by atoms with Crippen molar-refractivity contribution < 1.29 is 0 Å². The maximum Gasteiger partial charge on any atom is 0.197 e. The van der Waals surface area contributed by atoms with Crippen molar-refractivity contribution in [2.24, 2.45) is 0 Å². The van der Waals surface area contributed by atoms with Crippen LogP contribution in [0.4, 0.5) is 0 Å². The van der Waals surface area contributed by atoms with E-state index in [2.05, 4.69) is 106 Å². The normalized spacial score (nSPS) is 18.9. The predicted octanol–water partition coefficient (Wildman–Crippen LogP) is 13.2. The van der Waals surface area contributed by atoms with Crippen molar-refractivity contribution in [3.05, 3.63) is 140 Å². The molecule has 56 heavy (non-hydrogen) atoms. The number of pyridine rings is 2. The van der Waals surface area contributed by atoms with Crippen LogP contribution in [0, 0.1) is 0 Å². The molecular weight excluding hydrogens is 685 g/mol. The molecule has 7 aromatic rings. The topological polar surface area (TPSA) is 44.0 Å². The summed E-state index contributed by atoms with van der Waals surface area (Å²) in [4.78, 5) is 29.8. The Bertz CT molecular complexity index is 2560. The van der Waals surface area contributed by atoms with Crippen LogP contribution in [0.5, 0.6) is 0 Å². The predicted molar refractivity (Wildman–Crippen MR) is 232 cm³/mol. The van der Waals surface area contributed by atoms with Gasteiger partial charge in [-0.1, -0.05) is 87.8 Å². The average molecular weight is 737 g/mol. The van der Waals surface area contributed by atoms with Crippen LogP contribution in [-0.2, 0) is 0 Å². The Morgan fingerprint density at radius 2 is 0.643 bits per heavy atom. The van der Waals surface area contributed by atoms with Gasteiger partial charge in [0.2, 0.25) is 0 Å². The van der Waals surface area contributed by atoms with Crippen LogP contribution in [0.2, 0.25) is 0 Å². The number of benzene rings is 5.